The number of rotatable bonds is 3. The number of nitrogen functional groups attached to an aromatic ring is 1. The standard InChI is InChI=1S/C19H17N7O/c1-25-16-8-3-2-7-15(16)24-18(25)19(27)21-10-5-4-6-13-12-22-17-14(20)9-11-23-26(13)17/h2-3,7-9,11-12H,5,10,20H2,1H3,(H,21,27). The highest BCUT2D eigenvalue weighted by atomic mass is 16.2. The average Bonchev–Trinajstić information content (AvgIpc) is 3.24. The van der Waals surface area contributed by atoms with Gasteiger partial charge >= 0.3 is 0 Å². The smallest absolute Gasteiger partial charge is 0.287 e. The Morgan fingerprint density at radius 3 is 3.00 bits per heavy atom. The SMILES string of the molecule is Cn1c(C(=O)NCCC#Cc2cnc3c(N)ccnn23)nc2ccccc21. The number of para-hydroxylation sites is 2. The van der Waals surface area contributed by atoms with E-state index >= 15 is 0 Å². The van der Waals surface area contributed by atoms with Crippen LogP contribution < -0.4 is 11.1 Å². The topological polar surface area (TPSA) is 103 Å². The molecule has 0 aliphatic rings. The van der Waals surface area contributed by atoms with Crippen LogP contribution in [-0.2, 0) is 7.05 Å². The first-order valence-electron chi connectivity index (χ1n) is 8.42. The molecule has 27 heavy (non-hydrogen) atoms. The van der Waals surface area contributed by atoms with Crippen molar-refractivity contribution in [2.45, 2.75) is 6.42 Å². The van der Waals surface area contributed by atoms with Gasteiger partial charge in [-0.25, -0.2) is 14.5 Å². The summed E-state index contributed by atoms with van der Waals surface area (Å²) in [6.07, 6.45) is 3.72. The number of amides is 1. The van der Waals surface area contributed by atoms with E-state index in [0.29, 0.717) is 35.8 Å². The van der Waals surface area contributed by atoms with Crippen molar-refractivity contribution in [2.75, 3.05) is 12.3 Å². The fraction of sp³-hybridized carbons (Fsp3) is 0.158. The molecule has 3 aromatic heterocycles. The third-order valence-electron chi connectivity index (χ3n) is 4.17. The number of fused-ring (bicyclic) bond motifs is 2. The van der Waals surface area contributed by atoms with Gasteiger partial charge in [-0.2, -0.15) is 5.10 Å². The molecule has 0 fully saturated rings. The van der Waals surface area contributed by atoms with Crippen molar-refractivity contribution in [3.05, 3.63) is 54.2 Å². The number of nitrogens with zero attached hydrogens (tertiary/aromatic N) is 5. The van der Waals surface area contributed by atoms with Crippen LogP contribution in [0.15, 0.2) is 42.7 Å². The lowest BCUT2D eigenvalue weighted by atomic mass is 10.3. The Morgan fingerprint density at radius 2 is 2.15 bits per heavy atom. The number of anilines is 1. The Labute approximate surface area is 155 Å². The highest BCUT2D eigenvalue weighted by molar-refractivity contribution is 5.94. The van der Waals surface area contributed by atoms with Crippen LogP contribution in [0.1, 0.15) is 22.7 Å². The average molecular weight is 359 g/mol. The van der Waals surface area contributed by atoms with Gasteiger partial charge in [-0.05, 0) is 24.1 Å². The van der Waals surface area contributed by atoms with Gasteiger partial charge in [0, 0.05) is 20.0 Å². The number of carbonyl (C=O) groups excluding carboxylic acids is 1. The summed E-state index contributed by atoms with van der Waals surface area (Å²) in [6.45, 7) is 0.418. The molecule has 0 aliphatic heterocycles. The van der Waals surface area contributed by atoms with Crippen molar-refractivity contribution in [1.82, 2.24) is 29.5 Å². The molecule has 0 spiro atoms. The minimum absolute atomic E-state index is 0.222. The molecule has 0 radical (unpaired) electrons. The fourth-order valence-corrected chi connectivity index (χ4v) is 2.82. The van der Waals surface area contributed by atoms with Crippen molar-refractivity contribution in [3.8, 4) is 11.8 Å². The molecule has 0 aliphatic carbocycles. The van der Waals surface area contributed by atoms with Crippen molar-refractivity contribution in [2.24, 2.45) is 7.05 Å². The maximum absolute atomic E-state index is 12.4. The summed E-state index contributed by atoms with van der Waals surface area (Å²) in [5.74, 6) is 6.17. The normalized spacial score (nSPS) is 10.7. The van der Waals surface area contributed by atoms with Gasteiger partial charge in [0.25, 0.3) is 5.91 Å². The monoisotopic (exact) mass is 359 g/mol. The number of carbonyl (C=O) groups is 1. The molecule has 8 nitrogen and oxygen atoms in total. The van der Waals surface area contributed by atoms with E-state index in [9.17, 15) is 4.79 Å². The van der Waals surface area contributed by atoms with Crippen LogP contribution in [0.25, 0.3) is 16.7 Å². The van der Waals surface area contributed by atoms with Crippen molar-refractivity contribution in [3.63, 3.8) is 0 Å². The molecule has 4 aromatic rings. The molecule has 4 rings (SSSR count). The summed E-state index contributed by atoms with van der Waals surface area (Å²) >= 11 is 0. The second-order valence-corrected chi connectivity index (χ2v) is 5.96. The van der Waals surface area contributed by atoms with Crippen LogP contribution >= 0.6 is 0 Å². The summed E-state index contributed by atoms with van der Waals surface area (Å²) in [4.78, 5) is 20.9. The molecule has 3 heterocycles. The Hall–Kier alpha value is -3.86. The zero-order valence-electron chi connectivity index (χ0n) is 14.7. The van der Waals surface area contributed by atoms with Gasteiger partial charge in [0.1, 0.15) is 5.69 Å². The second-order valence-electron chi connectivity index (χ2n) is 5.96. The Balaban J connectivity index is 1.40. The summed E-state index contributed by atoms with van der Waals surface area (Å²) in [7, 11) is 1.83. The van der Waals surface area contributed by atoms with E-state index in [4.69, 9.17) is 5.73 Å². The molecule has 0 saturated heterocycles. The van der Waals surface area contributed by atoms with Crippen molar-refractivity contribution in [1.29, 1.82) is 0 Å². The lowest BCUT2D eigenvalue weighted by Crippen LogP contribution is -2.26. The van der Waals surface area contributed by atoms with E-state index < -0.39 is 0 Å². The number of aromatic nitrogens is 5. The van der Waals surface area contributed by atoms with Gasteiger partial charge in [-0.3, -0.25) is 4.79 Å². The number of hydrogen-bond donors (Lipinski definition) is 2. The lowest BCUT2D eigenvalue weighted by Gasteiger charge is -2.03. The van der Waals surface area contributed by atoms with Crippen LogP contribution in [0.3, 0.4) is 0 Å². The number of nitrogens with two attached hydrogens (primary N) is 1. The fourth-order valence-electron chi connectivity index (χ4n) is 2.82. The summed E-state index contributed by atoms with van der Waals surface area (Å²) in [5.41, 5.74) is 9.34. The quantitative estimate of drug-likeness (QED) is 0.425. The largest absolute Gasteiger partial charge is 0.396 e. The minimum atomic E-state index is -0.222. The van der Waals surface area contributed by atoms with E-state index in [0.717, 1.165) is 11.0 Å². The zero-order chi connectivity index (χ0) is 18.8. The zero-order valence-corrected chi connectivity index (χ0v) is 14.7. The molecule has 0 saturated carbocycles. The highest BCUT2D eigenvalue weighted by Crippen LogP contribution is 2.14. The van der Waals surface area contributed by atoms with Gasteiger partial charge in [-0.1, -0.05) is 18.1 Å². The predicted molar refractivity (Wildman–Crippen MR) is 102 cm³/mol. The molecule has 8 heteroatoms. The first kappa shape index (κ1) is 16.6. The van der Waals surface area contributed by atoms with Crippen molar-refractivity contribution < 1.29 is 4.79 Å². The van der Waals surface area contributed by atoms with Crippen LogP contribution in [-0.4, -0.2) is 36.6 Å². The number of benzene rings is 1. The second kappa shape index (κ2) is 6.80. The van der Waals surface area contributed by atoms with Gasteiger partial charge in [-0.15, -0.1) is 0 Å². The van der Waals surface area contributed by atoms with E-state index in [1.807, 2.05) is 31.3 Å². The van der Waals surface area contributed by atoms with Crippen LogP contribution in [0, 0.1) is 11.8 Å². The predicted octanol–water partition coefficient (Wildman–Crippen LogP) is 1.37. The van der Waals surface area contributed by atoms with Crippen molar-refractivity contribution >= 4 is 28.3 Å². The van der Waals surface area contributed by atoms with Gasteiger partial charge in [0.05, 0.1) is 29.1 Å². The van der Waals surface area contributed by atoms with Crippen LogP contribution in [0.5, 0.6) is 0 Å². The van der Waals surface area contributed by atoms with E-state index in [1.165, 1.54) is 0 Å². The Morgan fingerprint density at radius 1 is 1.30 bits per heavy atom. The lowest BCUT2D eigenvalue weighted by molar-refractivity contribution is 0.0941. The number of hydrogen-bond acceptors (Lipinski definition) is 5. The summed E-state index contributed by atoms with van der Waals surface area (Å²) in [6, 6.07) is 9.32. The Kier molecular flexibility index (Phi) is 4.18. The third kappa shape index (κ3) is 3.06. The maximum Gasteiger partial charge on any atom is 0.287 e. The molecular weight excluding hydrogens is 342 g/mol. The third-order valence-corrected chi connectivity index (χ3v) is 4.17. The molecule has 1 aromatic carbocycles. The van der Waals surface area contributed by atoms with E-state index in [2.05, 4.69) is 32.2 Å². The molecule has 0 bridgehead atoms. The molecule has 0 unspecified atom stereocenters. The van der Waals surface area contributed by atoms with E-state index in [1.54, 1.807) is 27.5 Å². The van der Waals surface area contributed by atoms with Crippen LogP contribution in [0.4, 0.5) is 5.69 Å². The molecular formula is C19H17N7O. The molecule has 0 atom stereocenters. The Bertz CT molecular complexity index is 1210. The molecule has 1 amide bonds. The van der Waals surface area contributed by atoms with E-state index in [-0.39, 0.29) is 5.91 Å². The summed E-state index contributed by atoms with van der Waals surface area (Å²) < 4.78 is 3.38. The first-order chi connectivity index (χ1) is 13.1. The first-order valence-corrected chi connectivity index (χ1v) is 8.42. The number of imidazole rings is 2. The van der Waals surface area contributed by atoms with Gasteiger partial charge < -0.3 is 15.6 Å². The van der Waals surface area contributed by atoms with Crippen LogP contribution in [0.2, 0.25) is 0 Å². The number of aryl methyl sites for hydroxylation is 1. The van der Waals surface area contributed by atoms with Gasteiger partial charge in [0.2, 0.25) is 0 Å². The number of nitrogens with one attached hydrogen (secondary N) is 1. The highest BCUT2D eigenvalue weighted by Gasteiger charge is 2.14. The van der Waals surface area contributed by atoms with Gasteiger partial charge in [0.15, 0.2) is 11.5 Å². The minimum Gasteiger partial charge on any atom is -0.396 e. The summed E-state index contributed by atoms with van der Waals surface area (Å²) in [5, 5.41) is 7.03. The maximum atomic E-state index is 12.4. The molecule has 134 valence electrons. The molecule has 3 N–H and O–H groups in total.